The molecule has 0 bridgehead atoms. The van der Waals surface area contributed by atoms with Gasteiger partial charge in [-0.2, -0.15) is 0 Å². The summed E-state index contributed by atoms with van der Waals surface area (Å²) >= 11 is 1.70. The molecular formula is C8H6INO4. The lowest BCUT2D eigenvalue weighted by atomic mass is 10.1. The third-order valence-corrected chi connectivity index (χ3v) is 2.76. The molecule has 14 heavy (non-hydrogen) atoms. The van der Waals surface area contributed by atoms with Crippen molar-refractivity contribution in [2.24, 2.45) is 0 Å². The van der Waals surface area contributed by atoms with Gasteiger partial charge in [0.05, 0.1) is 8.49 Å². The van der Waals surface area contributed by atoms with Crippen LogP contribution in [0.4, 0.5) is 5.69 Å². The molecule has 1 aromatic rings. The van der Waals surface area contributed by atoms with E-state index in [1.807, 2.05) is 0 Å². The van der Waals surface area contributed by atoms with Crippen LogP contribution in [0, 0.1) is 13.7 Å². The molecule has 1 rings (SSSR count). The predicted octanol–water partition coefficient (Wildman–Crippen LogP) is 2.11. The van der Waals surface area contributed by atoms with E-state index in [-0.39, 0.29) is 20.6 Å². The van der Waals surface area contributed by atoms with Crippen LogP contribution in [0.3, 0.4) is 0 Å². The Morgan fingerprint density at radius 1 is 1.57 bits per heavy atom. The van der Waals surface area contributed by atoms with E-state index in [2.05, 4.69) is 0 Å². The molecule has 0 aliphatic rings. The van der Waals surface area contributed by atoms with Crippen LogP contribution in [-0.2, 0) is 0 Å². The fraction of sp³-hybridized carbons (Fsp3) is 0.125. The quantitative estimate of drug-likeness (QED) is 0.393. The number of phenolic OH excluding ortho intramolecular Hbond substituents is 1. The first-order valence-electron chi connectivity index (χ1n) is 3.62. The first-order valence-corrected chi connectivity index (χ1v) is 4.69. The number of benzene rings is 1. The Hall–Kier alpha value is -1.18. The Morgan fingerprint density at radius 2 is 2.14 bits per heavy atom. The zero-order valence-electron chi connectivity index (χ0n) is 7.15. The van der Waals surface area contributed by atoms with Crippen LogP contribution in [0.25, 0.3) is 0 Å². The molecule has 0 radical (unpaired) electrons. The average molecular weight is 307 g/mol. The molecule has 0 aliphatic heterocycles. The van der Waals surface area contributed by atoms with Crippen LogP contribution < -0.4 is 0 Å². The van der Waals surface area contributed by atoms with Crippen LogP contribution in [-0.4, -0.2) is 15.8 Å². The van der Waals surface area contributed by atoms with E-state index >= 15 is 0 Å². The number of aromatic hydroxyl groups is 1. The lowest BCUT2D eigenvalue weighted by Crippen LogP contribution is -1.98. The van der Waals surface area contributed by atoms with E-state index < -0.39 is 10.7 Å². The molecule has 1 N–H and O–H groups in total. The van der Waals surface area contributed by atoms with E-state index in [0.717, 1.165) is 6.07 Å². The maximum Gasteiger partial charge on any atom is 0.311 e. The molecule has 5 nitrogen and oxygen atoms in total. The number of carbonyl (C=O) groups excluding carboxylic acids is 1. The minimum absolute atomic E-state index is 0.212. The third kappa shape index (κ3) is 1.84. The zero-order chi connectivity index (χ0) is 10.9. The van der Waals surface area contributed by atoms with Crippen molar-refractivity contribution in [3.05, 3.63) is 31.4 Å². The maximum atomic E-state index is 11.0. The largest absolute Gasteiger partial charge is 0.501 e. The molecule has 0 spiro atoms. The molecule has 0 heterocycles. The first-order chi connectivity index (χ1) is 6.45. The molecule has 0 atom stereocenters. The van der Waals surface area contributed by atoms with Gasteiger partial charge in [-0.15, -0.1) is 0 Å². The number of nitrogens with zero attached hydrogens (tertiary/aromatic N) is 1. The highest BCUT2D eigenvalue weighted by Crippen LogP contribution is 2.33. The van der Waals surface area contributed by atoms with Gasteiger partial charge in [0.2, 0.25) is 5.75 Å². The van der Waals surface area contributed by atoms with Crippen LogP contribution >= 0.6 is 22.6 Å². The molecule has 0 unspecified atom stereocenters. The van der Waals surface area contributed by atoms with Crippen molar-refractivity contribution >= 4 is 34.1 Å². The minimum atomic E-state index is -0.693. The second-order valence-corrected chi connectivity index (χ2v) is 3.69. The van der Waals surface area contributed by atoms with Crippen molar-refractivity contribution in [3.8, 4) is 5.75 Å². The Bertz CT molecular complexity index is 377. The molecule has 6 heteroatoms. The van der Waals surface area contributed by atoms with Gasteiger partial charge in [-0.05, 0) is 35.6 Å². The summed E-state index contributed by atoms with van der Waals surface area (Å²) in [6.07, 6.45) is 0. The summed E-state index contributed by atoms with van der Waals surface area (Å²) in [6.45, 7) is 1.34. The maximum absolute atomic E-state index is 11.0. The van der Waals surface area contributed by atoms with Crippen molar-refractivity contribution in [2.45, 2.75) is 6.92 Å². The van der Waals surface area contributed by atoms with Crippen molar-refractivity contribution in [3.63, 3.8) is 0 Å². The number of Topliss-reactive ketones (excluding diaryl/α,β-unsaturated/α-hetero) is 1. The highest BCUT2D eigenvalue weighted by atomic mass is 127. The second-order valence-electron chi connectivity index (χ2n) is 2.61. The summed E-state index contributed by atoms with van der Waals surface area (Å²) in [7, 11) is 0. The minimum Gasteiger partial charge on any atom is -0.501 e. The average Bonchev–Trinajstić information content (AvgIpc) is 2.08. The number of halogens is 1. The zero-order valence-corrected chi connectivity index (χ0v) is 9.31. The summed E-state index contributed by atoms with van der Waals surface area (Å²) in [5.74, 6) is -0.692. The lowest BCUT2D eigenvalue weighted by molar-refractivity contribution is -0.386. The van der Waals surface area contributed by atoms with Gasteiger partial charge in [-0.3, -0.25) is 14.9 Å². The number of hydrogen-bond donors (Lipinski definition) is 1. The fourth-order valence-electron chi connectivity index (χ4n) is 0.974. The SMILES string of the molecule is CC(=O)c1ccc([N+](=O)[O-])c(O)c1I. The molecule has 0 saturated heterocycles. The van der Waals surface area contributed by atoms with Crippen LogP contribution in [0.1, 0.15) is 17.3 Å². The van der Waals surface area contributed by atoms with E-state index in [1.54, 1.807) is 22.6 Å². The molecule has 0 aromatic heterocycles. The Labute approximate surface area is 93.0 Å². The molecule has 1 aromatic carbocycles. The number of nitro groups is 1. The molecular weight excluding hydrogens is 301 g/mol. The monoisotopic (exact) mass is 307 g/mol. The molecule has 0 aliphatic carbocycles. The fourth-order valence-corrected chi connectivity index (χ4v) is 1.81. The molecule has 0 saturated carbocycles. The van der Waals surface area contributed by atoms with E-state index in [1.165, 1.54) is 13.0 Å². The molecule has 0 amide bonds. The van der Waals surface area contributed by atoms with Crippen molar-refractivity contribution in [2.75, 3.05) is 0 Å². The summed E-state index contributed by atoms with van der Waals surface area (Å²) in [5.41, 5.74) is -0.104. The van der Waals surface area contributed by atoms with Gasteiger partial charge in [-0.25, -0.2) is 0 Å². The third-order valence-electron chi connectivity index (χ3n) is 1.67. The normalized spacial score (nSPS) is 9.86. The van der Waals surface area contributed by atoms with Gasteiger partial charge in [0.1, 0.15) is 0 Å². The number of nitro benzene ring substituents is 1. The Kier molecular flexibility index (Phi) is 3.04. The van der Waals surface area contributed by atoms with E-state index in [0.29, 0.717) is 0 Å². The van der Waals surface area contributed by atoms with Crippen molar-refractivity contribution < 1.29 is 14.8 Å². The van der Waals surface area contributed by atoms with Gasteiger partial charge in [0, 0.05) is 11.6 Å². The van der Waals surface area contributed by atoms with Gasteiger partial charge in [0.25, 0.3) is 0 Å². The van der Waals surface area contributed by atoms with Gasteiger partial charge in [0.15, 0.2) is 5.78 Å². The predicted molar refractivity (Wildman–Crippen MR) is 57.5 cm³/mol. The summed E-state index contributed by atoms with van der Waals surface area (Å²) < 4.78 is 0.212. The Balaban J connectivity index is 3.41. The Morgan fingerprint density at radius 3 is 2.57 bits per heavy atom. The number of phenols is 1. The van der Waals surface area contributed by atoms with Crippen LogP contribution in [0.2, 0.25) is 0 Å². The smallest absolute Gasteiger partial charge is 0.311 e. The van der Waals surface area contributed by atoms with E-state index in [4.69, 9.17) is 0 Å². The van der Waals surface area contributed by atoms with E-state index in [9.17, 15) is 20.0 Å². The number of carbonyl (C=O) groups is 1. The number of hydrogen-bond acceptors (Lipinski definition) is 4. The second kappa shape index (κ2) is 3.91. The van der Waals surface area contributed by atoms with Gasteiger partial charge in [-0.1, -0.05) is 0 Å². The molecule has 74 valence electrons. The summed E-state index contributed by atoms with van der Waals surface area (Å²) in [5, 5.41) is 19.8. The van der Waals surface area contributed by atoms with Gasteiger partial charge < -0.3 is 5.11 Å². The van der Waals surface area contributed by atoms with Crippen LogP contribution in [0.5, 0.6) is 5.75 Å². The number of rotatable bonds is 2. The lowest BCUT2D eigenvalue weighted by Gasteiger charge is -2.02. The summed E-state index contributed by atoms with van der Waals surface area (Å²) in [4.78, 5) is 20.7. The first kappa shape index (κ1) is 10.9. The highest BCUT2D eigenvalue weighted by Gasteiger charge is 2.19. The highest BCUT2D eigenvalue weighted by molar-refractivity contribution is 14.1. The molecule has 0 fully saturated rings. The van der Waals surface area contributed by atoms with Crippen LogP contribution in [0.15, 0.2) is 12.1 Å². The van der Waals surface area contributed by atoms with Crippen molar-refractivity contribution in [1.29, 1.82) is 0 Å². The topological polar surface area (TPSA) is 80.4 Å². The number of ketones is 1. The standard InChI is InChI=1S/C8H6INO4/c1-4(11)5-2-3-6(10(13)14)8(12)7(5)9/h2-3,12H,1H3. The van der Waals surface area contributed by atoms with Crippen molar-refractivity contribution in [1.82, 2.24) is 0 Å². The van der Waals surface area contributed by atoms with Gasteiger partial charge >= 0.3 is 5.69 Å². The summed E-state index contributed by atoms with van der Waals surface area (Å²) in [6, 6.07) is 2.45.